The number of esters is 1. The van der Waals surface area contributed by atoms with Crippen molar-refractivity contribution in [1.82, 2.24) is 20.5 Å². The lowest BCUT2D eigenvalue weighted by atomic mass is 9.89. The van der Waals surface area contributed by atoms with Crippen LogP contribution in [0.25, 0.3) is 0 Å². The second-order valence-corrected chi connectivity index (χ2v) is 9.24. The highest BCUT2D eigenvalue weighted by atomic mass is 16.5. The van der Waals surface area contributed by atoms with E-state index < -0.39 is 17.9 Å². The topological polar surface area (TPSA) is 127 Å². The van der Waals surface area contributed by atoms with Crippen molar-refractivity contribution in [2.45, 2.75) is 58.5 Å². The first kappa shape index (κ1) is 28.6. The summed E-state index contributed by atoms with van der Waals surface area (Å²) in [6.07, 6.45) is 1.08. The molecule has 3 rings (SSSR count). The van der Waals surface area contributed by atoms with Crippen molar-refractivity contribution in [3.05, 3.63) is 58.9 Å². The number of aryl methyl sites for hydroxylation is 1. The summed E-state index contributed by atoms with van der Waals surface area (Å²) in [5.74, 6) is -0.787. The Morgan fingerprint density at radius 3 is 2.47 bits per heavy atom. The number of ether oxygens (including phenoxy) is 2. The van der Waals surface area contributed by atoms with Gasteiger partial charge in [-0.1, -0.05) is 18.2 Å². The number of nitrogens with zero attached hydrogens (tertiary/aromatic N) is 2. The van der Waals surface area contributed by atoms with Gasteiger partial charge in [-0.05, 0) is 44.9 Å². The van der Waals surface area contributed by atoms with Crippen molar-refractivity contribution in [3.8, 4) is 5.75 Å². The Balaban J connectivity index is 1.65. The summed E-state index contributed by atoms with van der Waals surface area (Å²) in [5.41, 5.74) is 2.94. The van der Waals surface area contributed by atoms with E-state index in [2.05, 4.69) is 10.6 Å². The maximum Gasteiger partial charge on any atom is 0.328 e. The molecule has 204 valence electrons. The van der Waals surface area contributed by atoms with Gasteiger partial charge in [-0.25, -0.2) is 4.79 Å². The lowest BCUT2D eigenvalue weighted by molar-refractivity contribution is -0.148. The van der Waals surface area contributed by atoms with E-state index in [1.54, 1.807) is 11.0 Å². The molecule has 1 unspecified atom stereocenters. The van der Waals surface area contributed by atoms with Crippen molar-refractivity contribution < 1.29 is 28.7 Å². The summed E-state index contributed by atoms with van der Waals surface area (Å²) >= 11 is 0. The maximum atomic E-state index is 13.2. The van der Waals surface area contributed by atoms with Gasteiger partial charge < -0.3 is 25.0 Å². The molecule has 1 saturated heterocycles. The summed E-state index contributed by atoms with van der Waals surface area (Å²) in [5, 5.41) is 5.46. The molecule has 1 atom stereocenters. The molecule has 10 heteroatoms. The average molecular weight is 525 g/mol. The molecular weight excluding hydrogens is 488 g/mol. The molecule has 1 aliphatic rings. The van der Waals surface area contributed by atoms with E-state index in [1.165, 1.54) is 14.0 Å². The zero-order chi connectivity index (χ0) is 27.7. The predicted molar refractivity (Wildman–Crippen MR) is 141 cm³/mol. The predicted octanol–water partition coefficient (Wildman–Crippen LogP) is 2.49. The fraction of sp³-hybridized carbons (Fsp3) is 0.464. The molecule has 0 saturated carbocycles. The summed E-state index contributed by atoms with van der Waals surface area (Å²) in [6.45, 7) is 6.85. The third kappa shape index (κ3) is 7.53. The third-order valence-corrected chi connectivity index (χ3v) is 6.50. The first-order valence-corrected chi connectivity index (χ1v) is 12.8. The van der Waals surface area contributed by atoms with Gasteiger partial charge in [0.1, 0.15) is 11.8 Å². The van der Waals surface area contributed by atoms with Crippen LogP contribution in [0.5, 0.6) is 5.75 Å². The molecule has 1 fully saturated rings. The fourth-order valence-electron chi connectivity index (χ4n) is 4.58. The van der Waals surface area contributed by atoms with Crippen LogP contribution in [0.3, 0.4) is 0 Å². The minimum atomic E-state index is -1.02. The van der Waals surface area contributed by atoms with Crippen molar-refractivity contribution in [1.29, 1.82) is 0 Å². The van der Waals surface area contributed by atoms with E-state index in [4.69, 9.17) is 14.5 Å². The summed E-state index contributed by atoms with van der Waals surface area (Å²) in [7, 11) is 1.22. The lowest BCUT2D eigenvalue weighted by Crippen LogP contribution is -2.46. The molecule has 1 aromatic carbocycles. The molecule has 0 bridgehead atoms. The van der Waals surface area contributed by atoms with Gasteiger partial charge in [0.05, 0.1) is 31.4 Å². The Labute approximate surface area is 223 Å². The Hall–Kier alpha value is -3.95. The minimum Gasteiger partial charge on any atom is -0.494 e. The molecule has 0 radical (unpaired) electrons. The van der Waals surface area contributed by atoms with Crippen LogP contribution < -0.4 is 15.4 Å². The van der Waals surface area contributed by atoms with Gasteiger partial charge in [-0.2, -0.15) is 0 Å². The molecule has 2 aromatic rings. The van der Waals surface area contributed by atoms with E-state index in [1.807, 2.05) is 44.2 Å². The molecule has 10 nitrogen and oxygen atoms in total. The van der Waals surface area contributed by atoms with Crippen LogP contribution in [0.15, 0.2) is 36.4 Å². The lowest BCUT2D eigenvalue weighted by Gasteiger charge is -2.33. The number of piperidine rings is 1. The van der Waals surface area contributed by atoms with Crippen LogP contribution >= 0.6 is 0 Å². The van der Waals surface area contributed by atoms with Crippen molar-refractivity contribution >= 4 is 23.7 Å². The first-order chi connectivity index (χ1) is 18.2. The highest BCUT2D eigenvalue weighted by Gasteiger charge is 2.31. The van der Waals surface area contributed by atoms with Crippen molar-refractivity contribution in [3.63, 3.8) is 0 Å². The van der Waals surface area contributed by atoms with Crippen LogP contribution in [0.1, 0.15) is 66.3 Å². The normalized spacial score (nSPS) is 14.4. The van der Waals surface area contributed by atoms with E-state index in [0.717, 1.165) is 22.7 Å². The molecule has 2 N–H and O–H groups in total. The van der Waals surface area contributed by atoms with E-state index in [-0.39, 0.29) is 24.2 Å². The largest absolute Gasteiger partial charge is 0.494 e. The molecule has 0 spiro atoms. The molecule has 0 aliphatic carbocycles. The number of benzene rings is 1. The molecule has 2 heterocycles. The number of para-hydroxylation sites is 1. The smallest absolute Gasteiger partial charge is 0.328 e. The Morgan fingerprint density at radius 1 is 1.11 bits per heavy atom. The number of hydrogen-bond acceptors (Lipinski definition) is 7. The fourth-order valence-corrected chi connectivity index (χ4v) is 4.58. The average Bonchev–Trinajstić information content (AvgIpc) is 2.91. The summed E-state index contributed by atoms with van der Waals surface area (Å²) in [6, 6.07) is 10.2. The number of methoxy groups -OCH3 is 1. The van der Waals surface area contributed by atoms with Crippen LogP contribution in [-0.4, -0.2) is 66.4 Å². The van der Waals surface area contributed by atoms with Crippen molar-refractivity contribution in [2.24, 2.45) is 0 Å². The van der Waals surface area contributed by atoms with Crippen molar-refractivity contribution in [2.75, 3.05) is 26.8 Å². The van der Waals surface area contributed by atoms with Crippen LogP contribution in [0, 0.1) is 6.92 Å². The minimum absolute atomic E-state index is 0.00200. The number of amides is 3. The van der Waals surface area contributed by atoms with E-state index in [0.29, 0.717) is 44.6 Å². The molecule has 3 amide bonds. The molecular formula is C28H36N4O6. The van der Waals surface area contributed by atoms with Gasteiger partial charge in [0.25, 0.3) is 5.91 Å². The number of nitrogens with one attached hydrogen (secondary N) is 2. The first-order valence-electron chi connectivity index (χ1n) is 12.8. The monoisotopic (exact) mass is 524 g/mol. The van der Waals surface area contributed by atoms with E-state index in [9.17, 15) is 19.2 Å². The van der Waals surface area contributed by atoms with Gasteiger partial charge in [-0.3, -0.25) is 19.4 Å². The second-order valence-electron chi connectivity index (χ2n) is 9.24. The second kappa shape index (κ2) is 13.6. The third-order valence-electron chi connectivity index (χ3n) is 6.50. The Morgan fingerprint density at radius 2 is 1.82 bits per heavy atom. The van der Waals surface area contributed by atoms with Crippen LogP contribution in [0.2, 0.25) is 0 Å². The van der Waals surface area contributed by atoms with E-state index >= 15 is 0 Å². The van der Waals surface area contributed by atoms with Gasteiger partial charge in [0.2, 0.25) is 11.8 Å². The van der Waals surface area contributed by atoms with Crippen LogP contribution in [-0.2, 0) is 25.7 Å². The SMILES string of the molecule is CCOc1ccccc1CNC(=O)c1ccc(C)nc1C1CCN(C(=O)CC(NC(C)=O)C(=O)OC)CC1. The standard InChI is InChI=1S/C28H36N4O6/c1-5-38-24-9-7-6-8-21(24)17-29-27(35)22-11-10-18(2)30-26(22)20-12-14-32(15-13-20)25(34)16-23(28(36)37-4)31-19(3)33/h6-11,20,23H,5,12-17H2,1-4H3,(H,29,35)(H,31,33). The zero-order valence-corrected chi connectivity index (χ0v) is 22.4. The molecule has 1 aromatic heterocycles. The number of carbonyl (C=O) groups excluding carboxylic acids is 4. The number of pyridine rings is 1. The van der Waals surface area contributed by atoms with Gasteiger partial charge >= 0.3 is 5.97 Å². The van der Waals surface area contributed by atoms with Gasteiger partial charge in [-0.15, -0.1) is 0 Å². The van der Waals surface area contributed by atoms with Gasteiger partial charge in [0, 0.05) is 43.7 Å². The highest BCUT2D eigenvalue weighted by molar-refractivity contribution is 5.95. The zero-order valence-electron chi connectivity index (χ0n) is 22.4. The maximum absolute atomic E-state index is 13.2. The van der Waals surface area contributed by atoms with Gasteiger partial charge in [0.15, 0.2) is 0 Å². The number of carbonyl (C=O) groups is 4. The number of rotatable bonds is 10. The number of hydrogen-bond donors (Lipinski definition) is 2. The summed E-state index contributed by atoms with van der Waals surface area (Å²) < 4.78 is 10.4. The summed E-state index contributed by atoms with van der Waals surface area (Å²) in [4.78, 5) is 55.8. The molecule has 1 aliphatic heterocycles. The highest BCUT2D eigenvalue weighted by Crippen LogP contribution is 2.30. The number of aromatic nitrogens is 1. The quantitative estimate of drug-likeness (QED) is 0.457. The number of likely N-dealkylation sites (tertiary alicyclic amines) is 1. The van der Waals surface area contributed by atoms with Crippen LogP contribution in [0.4, 0.5) is 0 Å². The molecule has 38 heavy (non-hydrogen) atoms. The Bertz CT molecular complexity index is 1160. The Kier molecular flexibility index (Phi) is 10.2.